The number of nitrogens with zero attached hydrogens (tertiary/aromatic N) is 2. The van der Waals surface area contributed by atoms with Crippen LogP contribution < -0.4 is 10.9 Å². The van der Waals surface area contributed by atoms with Crippen LogP contribution in [0.4, 0.5) is 0 Å². The van der Waals surface area contributed by atoms with Crippen molar-refractivity contribution in [2.24, 2.45) is 17.8 Å². The maximum atomic E-state index is 13.7. The molecule has 6 nitrogen and oxygen atoms in total. The molecular formula is C27H33N3O3. The van der Waals surface area contributed by atoms with Crippen LogP contribution in [0.2, 0.25) is 0 Å². The van der Waals surface area contributed by atoms with E-state index in [1.165, 1.54) is 12.8 Å². The first-order valence-electron chi connectivity index (χ1n) is 12.1. The molecular weight excluding hydrogens is 414 g/mol. The summed E-state index contributed by atoms with van der Waals surface area (Å²) in [6.45, 7) is 5.28. The second-order valence-corrected chi connectivity index (χ2v) is 9.79. The number of rotatable bonds is 7. The van der Waals surface area contributed by atoms with E-state index in [1.54, 1.807) is 0 Å². The van der Waals surface area contributed by atoms with Gasteiger partial charge in [0.15, 0.2) is 0 Å². The van der Waals surface area contributed by atoms with Crippen molar-refractivity contribution in [1.29, 1.82) is 0 Å². The van der Waals surface area contributed by atoms with Crippen molar-refractivity contribution in [3.8, 4) is 0 Å². The summed E-state index contributed by atoms with van der Waals surface area (Å²) in [4.78, 5) is 29.3. The van der Waals surface area contributed by atoms with Crippen molar-refractivity contribution in [2.45, 2.75) is 51.4 Å². The molecule has 2 aromatic rings. The molecule has 1 aromatic carbocycles. The van der Waals surface area contributed by atoms with Crippen LogP contribution in [0.1, 0.15) is 55.6 Å². The third-order valence-electron chi connectivity index (χ3n) is 7.67. The highest BCUT2D eigenvalue weighted by Crippen LogP contribution is 2.50. The SMILES string of the molecule is C/C=C/c1ccc2n(c1=O)C[C@@H]1[C@@H](CO)[C@H](C(=O)N[C@H](C)c3ccccc3)[C@H]2N1CC1CC1. The molecule has 1 aromatic heterocycles. The molecule has 1 saturated heterocycles. The molecule has 0 radical (unpaired) electrons. The Balaban J connectivity index is 1.52. The van der Waals surface area contributed by atoms with Crippen LogP contribution in [0, 0.1) is 17.8 Å². The second-order valence-electron chi connectivity index (χ2n) is 9.79. The number of aliphatic hydroxyl groups is 1. The summed E-state index contributed by atoms with van der Waals surface area (Å²) in [5, 5.41) is 13.6. The number of pyridine rings is 1. The molecule has 0 spiro atoms. The van der Waals surface area contributed by atoms with Crippen molar-refractivity contribution in [3.05, 3.63) is 75.7 Å². The fourth-order valence-electron chi connectivity index (χ4n) is 5.83. The summed E-state index contributed by atoms with van der Waals surface area (Å²) < 4.78 is 1.85. The van der Waals surface area contributed by atoms with Crippen molar-refractivity contribution in [2.75, 3.05) is 13.2 Å². The summed E-state index contributed by atoms with van der Waals surface area (Å²) in [6, 6.07) is 13.5. The molecule has 2 fully saturated rings. The Bertz CT molecular complexity index is 1110. The molecule has 33 heavy (non-hydrogen) atoms. The van der Waals surface area contributed by atoms with E-state index in [0.717, 1.165) is 17.8 Å². The maximum absolute atomic E-state index is 13.7. The molecule has 174 valence electrons. The lowest BCUT2D eigenvalue weighted by Gasteiger charge is -2.38. The Morgan fingerprint density at radius 2 is 1.97 bits per heavy atom. The number of amides is 1. The average Bonchev–Trinajstić information content (AvgIpc) is 3.61. The van der Waals surface area contributed by atoms with E-state index in [4.69, 9.17) is 0 Å². The van der Waals surface area contributed by atoms with Crippen LogP contribution in [0.15, 0.2) is 53.3 Å². The van der Waals surface area contributed by atoms with E-state index in [0.29, 0.717) is 18.0 Å². The first-order chi connectivity index (χ1) is 16.0. The Hall–Kier alpha value is -2.70. The predicted octanol–water partition coefficient (Wildman–Crippen LogP) is 3.13. The minimum absolute atomic E-state index is 0.0120. The van der Waals surface area contributed by atoms with Crippen molar-refractivity contribution in [1.82, 2.24) is 14.8 Å². The zero-order chi connectivity index (χ0) is 23.1. The fourth-order valence-corrected chi connectivity index (χ4v) is 5.83. The van der Waals surface area contributed by atoms with Gasteiger partial charge in [0.05, 0.1) is 18.0 Å². The van der Waals surface area contributed by atoms with E-state index >= 15 is 0 Å². The number of aromatic nitrogens is 1. The molecule has 0 unspecified atom stereocenters. The van der Waals surface area contributed by atoms with E-state index in [9.17, 15) is 14.7 Å². The zero-order valence-corrected chi connectivity index (χ0v) is 19.4. The van der Waals surface area contributed by atoms with Crippen LogP contribution >= 0.6 is 0 Å². The zero-order valence-electron chi connectivity index (χ0n) is 19.4. The second kappa shape index (κ2) is 8.92. The molecule has 5 atom stereocenters. The van der Waals surface area contributed by atoms with E-state index < -0.39 is 5.92 Å². The summed E-state index contributed by atoms with van der Waals surface area (Å²) in [6.07, 6.45) is 6.14. The van der Waals surface area contributed by atoms with Gasteiger partial charge < -0.3 is 15.0 Å². The van der Waals surface area contributed by atoms with Gasteiger partial charge >= 0.3 is 0 Å². The quantitative estimate of drug-likeness (QED) is 0.684. The number of allylic oxidation sites excluding steroid dienone is 1. The molecule has 3 heterocycles. The van der Waals surface area contributed by atoms with Gasteiger partial charge in [0.1, 0.15) is 0 Å². The number of fused-ring (bicyclic) bond motifs is 4. The largest absolute Gasteiger partial charge is 0.396 e. The molecule has 1 saturated carbocycles. The van der Waals surface area contributed by atoms with Gasteiger partial charge in [-0.25, -0.2) is 0 Å². The van der Waals surface area contributed by atoms with Crippen LogP contribution in [0.25, 0.3) is 6.08 Å². The monoisotopic (exact) mass is 447 g/mol. The van der Waals surface area contributed by atoms with Gasteiger partial charge in [0.25, 0.3) is 5.56 Å². The third-order valence-corrected chi connectivity index (χ3v) is 7.67. The first-order valence-corrected chi connectivity index (χ1v) is 12.1. The fraction of sp³-hybridized carbons (Fsp3) is 0.481. The summed E-state index contributed by atoms with van der Waals surface area (Å²) in [7, 11) is 0. The topological polar surface area (TPSA) is 74.6 Å². The molecule has 2 N–H and O–H groups in total. The average molecular weight is 448 g/mol. The van der Waals surface area contributed by atoms with Crippen LogP contribution in [-0.2, 0) is 11.3 Å². The lowest BCUT2D eigenvalue weighted by molar-refractivity contribution is -0.128. The molecule has 2 bridgehead atoms. The van der Waals surface area contributed by atoms with Crippen LogP contribution in [0.5, 0.6) is 0 Å². The highest BCUT2D eigenvalue weighted by atomic mass is 16.3. The number of hydrogen-bond acceptors (Lipinski definition) is 4. The predicted molar refractivity (Wildman–Crippen MR) is 128 cm³/mol. The minimum atomic E-state index is -0.398. The Morgan fingerprint density at radius 1 is 1.21 bits per heavy atom. The lowest BCUT2D eigenvalue weighted by Crippen LogP contribution is -2.47. The minimum Gasteiger partial charge on any atom is -0.396 e. The number of hydrogen-bond donors (Lipinski definition) is 2. The third kappa shape index (κ3) is 3.96. The van der Waals surface area contributed by atoms with Crippen LogP contribution in [0.3, 0.4) is 0 Å². The van der Waals surface area contributed by atoms with E-state index in [2.05, 4.69) is 10.2 Å². The molecule has 3 aliphatic rings. The number of carbonyl (C=O) groups is 1. The van der Waals surface area contributed by atoms with Gasteiger partial charge in [-0.1, -0.05) is 42.5 Å². The molecule has 1 aliphatic carbocycles. The van der Waals surface area contributed by atoms with Gasteiger partial charge in [-0.15, -0.1) is 0 Å². The first kappa shape index (κ1) is 22.1. The van der Waals surface area contributed by atoms with Gasteiger partial charge in [-0.2, -0.15) is 0 Å². The van der Waals surface area contributed by atoms with Crippen molar-refractivity contribution in [3.63, 3.8) is 0 Å². The number of carbonyl (C=O) groups excluding carboxylic acids is 1. The lowest BCUT2D eigenvalue weighted by atomic mass is 9.86. The van der Waals surface area contributed by atoms with Crippen LogP contribution in [-0.4, -0.2) is 39.7 Å². The van der Waals surface area contributed by atoms with E-state index in [1.807, 2.05) is 73.0 Å². The van der Waals surface area contributed by atoms with Crippen molar-refractivity contribution >= 4 is 12.0 Å². The molecule has 5 rings (SSSR count). The smallest absolute Gasteiger partial charge is 0.258 e. The standard InChI is InChI=1S/C27H33N3O3/c1-3-7-20-12-13-22-25-24(26(32)28-17(2)19-8-5-4-6-9-19)21(16-31)23(15-30(22)27(20)33)29(25)14-18-10-11-18/h3-9,12-13,17-18,21,23-25,31H,10-11,14-16H2,1-2H3,(H,28,32)/b7-3+/t17-,21-,23-,24+,25+/m1/s1. The van der Waals surface area contributed by atoms with E-state index in [-0.39, 0.29) is 42.1 Å². The van der Waals surface area contributed by atoms with Gasteiger partial charge in [0.2, 0.25) is 5.91 Å². The summed E-state index contributed by atoms with van der Waals surface area (Å²) in [5.41, 5.74) is 2.60. The highest BCUT2D eigenvalue weighted by Gasteiger charge is 2.56. The number of nitrogens with one attached hydrogen (secondary N) is 1. The molecule has 1 amide bonds. The number of benzene rings is 1. The Morgan fingerprint density at radius 3 is 2.64 bits per heavy atom. The molecule has 6 heteroatoms. The maximum Gasteiger partial charge on any atom is 0.258 e. The highest BCUT2D eigenvalue weighted by molar-refractivity contribution is 5.81. The summed E-state index contributed by atoms with van der Waals surface area (Å²) >= 11 is 0. The summed E-state index contributed by atoms with van der Waals surface area (Å²) in [5.74, 6) is 0.00363. The van der Waals surface area contributed by atoms with Gasteiger partial charge in [-0.3, -0.25) is 14.5 Å². The molecule has 2 aliphatic heterocycles. The van der Waals surface area contributed by atoms with Gasteiger partial charge in [0, 0.05) is 42.9 Å². The van der Waals surface area contributed by atoms with Gasteiger partial charge in [-0.05, 0) is 50.3 Å². The normalized spacial score (nSPS) is 27.5. The Kier molecular flexibility index (Phi) is 5.97. The Labute approximate surface area is 194 Å². The van der Waals surface area contributed by atoms with Crippen molar-refractivity contribution < 1.29 is 9.90 Å². The number of aliphatic hydroxyl groups excluding tert-OH is 1.